The summed E-state index contributed by atoms with van der Waals surface area (Å²) in [5.74, 6) is 0.305. The van der Waals surface area contributed by atoms with Crippen molar-refractivity contribution in [3.05, 3.63) is 50.9 Å². The highest BCUT2D eigenvalue weighted by atomic mass is 79.9. The zero-order valence-electron chi connectivity index (χ0n) is 11.6. The number of amides is 1. The maximum atomic E-state index is 12.0. The first kappa shape index (κ1) is 16.9. The molecular formula is C15H13BrCl2N2O2. The molecule has 7 heteroatoms. The first-order chi connectivity index (χ1) is 10.5. The maximum absolute atomic E-state index is 12.0. The molecule has 1 amide bonds. The van der Waals surface area contributed by atoms with Crippen molar-refractivity contribution in [2.75, 3.05) is 24.3 Å². The molecule has 0 fully saturated rings. The van der Waals surface area contributed by atoms with E-state index in [0.29, 0.717) is 27.2 Å². The van der Waals surface area contributed by atoms with Gasteiger partial charge in [0.15, 0.2) is 0 Å². The van der Waals surface area contributed by atoms with Crippen molar-refractivity contribution in [2.24, 2.45) is 0 Å². The van der Waals surface area contributed by atoms with Crippen LogP contribution in [0.4, 0.5) is 11.4 Å². The summed E-state index contributed by atoms with van der Waals surface area (Å²) < 4.78 is 6.05. The Morgan fingerprint density at radius 1 is 1.18 bits per heavy atom. The van der Waals surface area contributed by atoms with Crippen LogP contribution in [0.3, 0.4) is 0 Å². The molecule has 2 aromatic carbocycles. The molecule has 0 spiro atoms. The highest BCUT2D eigenvalue weighted by Crippen LogP contribution is 2.28. The number of benzene rings is 2. The Bertz CT molecular complexity index is 695. The summed E-state index contributed by atoms with van der Waals surface area (Å²) >= 11 is 15.3. The second-order valence-corrected chi connectivity index (χ2v) is 6.13. The number of anilines is 2. The fraction of sp³-hybridized carbons (Fsp3) is 0.133. The number of nitrogens with one attached hydrogen (secondary N) is 2. The summed E-state index contributed by atoms with van der Waals surface area (Å²) in [6.07, 6.45) is 0. The van der Waals surface area contributed by atoms with E-state index in [-0.39, 0.29) is 12.5 Å². The van der Waals surface area contributed by atoms with Crippen LogP contribution in [0.25, 0.3) is 0 Å². The number of hydrogen-bond acceptors (Lipinski definition) is 3. The molecule has 2 aromatic rings. The quantitative estimate of drug-likeness (QED) is 0.752. The second-order valence-electron chi connectivity index (χ2n) is 4.37. The van der Waals surface area contributed by atoms with Gasteiger partial charge in [-0.05, 0) is 36.4 Å². The van der Waals surface area contributed by atoms with E-state index in [1.807, 2.05) is 6.07 Å². The smallest absolute Gasteiger partial charge is 0.243 e. The summed E-state index contributed by atoms with van der Waals surface area (Å²) in [4.78, 5) is 12.0. The molecule has 0 aromatic heterocycles. The third kappa shape index (κ3) is 4.53. The number of rotatable bonds is 5. The molecule has 116 valence electrons. The van der Waals surface area contributed by atoms with Gasteiger partial charge in [-0.25, -0.2) is 0 Å². The van der Waals surface area contributed by atoms with E-state index in [1.54, 1.807) is 30.3 Å². The van der Waals surface area contributed by atoms with E-state index in [9.17, 15) is 4.79 Å². The van der Waals surface area contributed by atoms with Gasteiger partial charge in [0.25, 0.3) is 0 Å². The Hall–Kier alpha value is -1.43. The summed E-state index contributed by atoms with van der Waals surface area (Å²) in [7, 11) is 1.53. The van der Waals surface area contributed by atoms with Gasteiger partial charge in [-0.15, -0.1) is 0 Å². The fourth-order valence-corrected chi connectivity index (χ4v) is 2.69. The van der Waals surface area contributed by atoms with Crippen LogP contribution >= 0.6 is 39.1 Å². The molecule has 0 heterocycles. The Kier molecular flexibility index (Phi) is 5.94. The van der Waals surface area contributed by atoms with Crippen molar-refractivity contribution >= 4 is 56.4 Å². The van der Waals surface area contributed by atoms with Crippen molar-refractivity contribution < 1.29 is 9.53 Å². The summed E-state index contributed by atoms with van der Waals surface area (Å²) in [6.45, 7) is 0.0665. The molecule has 2 N–H and O–H groups in total. The molecule has 0 saturated heterocycles. The third-order valence-electron chi connectivity index (χ3n) is 2.81. The summed E-state index contributed by atoms with van der Waals surface area (Å²) in [5.41, 5.74) is 1.20. The van der Waals surface area contributed by atoms with Crippen LogP contribution in [0.2, 0.25) is 10.0 Å². The number of halogens is 3. The molecule has 22 heavy (non-hydrogen) atoms. The minimum Gasteiger partial charge on any atom is -0.495 e. The van der Waals surface area contributed by atoms with E-state index in [1.165, 1.54) is 7.11 Å². The second kappa shape index (κ2) is 7.72. The Balaban J connectivity index is 2.00. The number of hydrogen-bond donors (Lipinski definition) is 2. The van der Waals surface area contributed by atoms with Gasteiger partial charge in [-0.2, -0.15) is 0 Å². The largest absolute Gasteiger partial charge is 0.495 e. The van der Waals surface area contributed by atoms with Crippen LogP contribution in [0.5, 0.6) is 5.75 Å². The van der Waals surface area contributed by atoms with Gasteiger partial charge in [0, 0.05) is 9.50 Å². The molecule has 4 nitrogen and oxygen atoms in total. The molecule has 0 saturated carbocycles. The Morgan fingerprint density at radius 3 is 2.64 bits per heavy atom. The fourth-order valence-electron chi connectivity index (χ4n) is 1.78. The van der Waals surface area contributed by atoms with E-state index in [4.69, 9.17) is 27.9 Å². The third-order valence-corrected chi connectivity index (χ3v) is 3.85. The normalized spacial score (nSPS) is 10.2. The zero-order valence-corrected chi connectivity index (χ0v) is 14.7. The standard InChI is InChI=1S/C15H13BrCl2N2O2/c1-22-14-5-3-10(17)7-13(14)20-15(21)8-19-12-4-2-9(16)6-11(12)18/h2-7,19H,8H2,1H3,(H,20,21). The average Bonchev–Trinajstić information content (AvgIpc) is 2.46. The molecule has 0 aliphatic carbocycles. The van der Waals surface area contributed by atoms with Crippen molar-refractivity contribution in [3.63, 3.8) is 0 Å². The van der Waals surface area contributed by atoms with E-state index >= 15 is 0 Å². The van der Waals surface area contributed by atoms with Crippen molar-refractivity contribution in [1.82, 2.24) is 0 Å². The van der Waals surface area contributed by atoms with Crippen molar-refractivity contribution in [3.8, 4) is 5.75 Å². The van der Waals surface area contributed by atoms with Crippen molar-refractivity contribution in [2.45, 2.75) is 0 Å². The summed E-state index contributed by atoms with van der Waals surface area (Å²) in [5, 5.41) is 6.76. The number of carbonyl (C=O) groups excluding carboxylic acids is 1. The van der Waals surface area contributed by atoms with Crippen LogP contribution in [-0.4, -0.2) is 19.6 Å². The minimum absolute atomic E-state index is 0.0665. The SMILES string of the molecule is COc1ccc(Cl)cc1NC(=O)CNc1ccc(Br)cc1Cl. The van der Waals surface area contributed by atoms with Crippen molar-refractivity contribution in [1.29, 1.82) is 0 Å². The molecule has 0 aliphatic rings. The monoisotopic (exact) mass is 402 g/mol. The lowest BCUT2D eigenvalue weighted by molar-refractivity contribution is -0.114. The van der Waals surface area contributed by atoms with E-state index in [0.717, 1.165) is 4.47 Å². The van der Waals surface area contributed by atoms with Gasteiger partial charge in [0.2, 0.25) is 5.91 Å². The topological polar surface area (TPSA) is 50.4 Å². The number of methoxy groups -OCH3 is 1. The molecule has 0 radical (unpaired) electrons. The van der Waals surface area contributed by atoms with E-state index in [2.05, 4.69) is 26.6 Å². The number of ether oxygens (including phenoxy) is 1. The van der Waals surface area contributed by atoms with Crippen LogP contribution in [0, 0.1) is 0 Å². The van der Waals surface area contributed by atoms with Crippen LogP contribution in [0.15, 0.2) is 40.9 Å². The van der Waals surface area contributed by atoms with E-state index < -0.39 is 0 Å². The van der Waals surface area contributed by atoms with Gasteiger partial charge in [-0.1, -0.05) is 39.1 Å². The molecular weight excluding hydrogens is 391 g/mol. The molecule has 0 atom stereocenters. The highest BCUT2D eigenvalue weighted by molar-refractivity contribution is 9.10. The molecule has 0 unspecified atom stereocenters. The lowest BCUT2D eigenvalue weighted by Gasteiger charge is -2.12. The van der Waals surface area contributed by atoms with Crippen LogP contribution in [-0.2, 0) is 4.79 Å². The lowest BCUT2D eigenvalue weighted by atomic mass is 10.3. The summed E-state index contributed by atoms with van der Waals surface area (Å²) in [6, 6.07) is 10.4. The van der Waals surface area contributed by atoms with Crippen LogP contribution < -0.4 is 15.4 Å². The van der Waals surface area contributed by atoms with Crippen LogP contribution in [0.1, 0.15) is 0 Å². The Labute approximate surface area is 146 Å². The Morgan fingerprint density at radius 2 is 1.95 bits per heavy atom. The van der Waals surface area contributed by atoms with Gasteiger partial charge < -0.3 is 15.4 Å². The van der Waals surface area contributed by atoms with Gasteiger partial charge in [-0.3, -0.25) is 4.79 Å². The molecule has 0 aliphatic heterocycles. The zero-order chi connectivity index (χ0) is 16.1. The predicted molar refractivity (Wildman–Crippen MR) is 94.3 cm³/mol. The maximum Gasteiger partial charge on any atom is 0.243 e. The van der Waals surface area contributed by atoms with Gasteiger partial charge >= 0.3 is 0 Å². The first-order valence-electron chi connectivity index (χ1n) is 6.32. The van der Waals surface area contributed by atoms with Gasteiger partial charge in [0.1, 0.15) is 5.75 Å². The minimum atomic E-state index is -0.237. The number of carbonyl (C=O) groups is 1. The first-order valence-corrected chi connectivity index (χ1v) is 7.87. The van der Waals surface area contributed by atoms with Gasteiger partial charge in [0.05, 0.1) is 30.1 Å². The molecule has 2 rings (SSSR count). The predicted octanol–water partition coefficient (Wildman–Crippen LogP) is 4.82. The highest BCUT2D eigenvalue weighted by Gasteiger charge is 2.09. The molecule has 0 bridgehead atoms. The lowest BCUT2D eigenvalue weighted by Crippen LogP contribution is -2.22. The average molecular weight is 404 g/mol.